The van der Waals surface area contributed by atoms with Gasteiger partial charge in [-0.3, -0.25) is 29.9 Å². The topological polar surface area (TPSA) is 118 Å². The van der Waals surface area contributed by atoms with Crippen LogP contribution in [0.2, 0.25) is 0 Å². The molecule has 0 spiro atoms. The van der Waals surface area contributed by atoms with Crippen LogP contribution < -0.4 is 0 Å². The highest BCUT2D eigenvalue weighted by atomic mass is 16.3. The van der Waals surface area contributed by atoms with Crippen molar-refractivity contribution in [2.24, 2.45) is 0 Å². The zero-order chi connectivity index (χ0) is 29.9. The van der Waals surface area contributed by atoms with Gasteiger partial charge < -0.3 is 10.2 Å². The Bertz CT molecular complexity index is 1440. The first-order valence-electron chi connectivity index (χ1n) is 13.3. The highest BCUT2D eigenvalue weighted by molar-refractivity contribution is 5.58. The Morgan fingerprint density at radius 2 is 0.548 bits per heavy atom. The Kier molecular flexibility index (Phi) is 9.99. The second-order valence-corrected chi connectivity index (χ2v) is 9.67. The van der Waals surface area contributed by atoms with Gasteiger partial charge in [0.25, 0.3) is 0 Å². The number of rotatable bonds is 3. The maximum atomic E-state index is 9.21. The smallest absolute Gasteiger partial charge is 0.119 e. The molecular formula is C34H32N6O2. The summed E-state index contributed by atoms with van der Waals surface area (Å²) >= 11 is 0. The van der Waals surface area contributed by atoms with Crippen molar-refractivity contribution < 1.29 is 10.2 Å². The summed E-state index contributed by atoms with van der Waals surface area (Å²) in [6, 6.07) is 22.0. The zero-order valence-corrected chi connectivity index (χ0v) is 24.0. The predicted octanol–water partition coefficient (Wildman–Crippen LogP) is 7.08. The molecule has 0 saturated heterocycles. The van der Waals surface area contributed by atoms with Crippen LogP contribution in [0.3, 0.4) is 0 Å². The molecule has 8 heteroatoms. The van der Waals surface area contributed by atoms with Gasteiger partial charge in [0, 0.05) is 49.3 Å². The van der Waals surface area contributed by atoms with Crippen LogP contribution in [0.5, 0.6) is 11.5 Å². The summed E-state index contributed by atoms with van der Waals surface area (Å²) in [6.45, 7) is 8.23. The number of nitrogens with zero attached hydrogens (tertiary/aromatic N) is 6. The molecule has 0 amide bonds. The quantitative estimate of drug-likeness (QED) is 0.237. The van der Waals surface area contributed by atoms with Crippen LogP contribution >= 0.6 is 0 Å². The number of hydrogen-bond donors (Lipinski definition) is 2. The molecule has 210 valence electrons. The number of aromatic hydroxyl groups is 2. The van der Waals surface area contributed by atoms with Gasteiger partial charge in [0.1, 0.15) is 11.5 Å². The maximum Gasteiger partial charge on any atom is 0.119 e. The van der Waals surface area contributed by atoms with Crippen molar-refractivity contribution in [3.63, 3.8) is 0 Å². The molecule has 6 rings (SSSR count). The van der Waals surface area contributed by atoms with Crippen molar-refractivity contribution in [2.75, 3.05) is 0 Å². The molecule has 0 radical (unpaired) electrons. The third kappa shape index (κ3) is 8.76. The Morgan fingerprint density at radius 1 is 0.333 bits per heavy atom. The largest absolute Gasteiger partial charge is 0.508 e. The third-order valence-corrected chi connectivity index (χ3v) is 5.94. The van der Waals surface area contributed by atoms with Crippen LogP contribution in [0, 0.1) is 27.7 Å². The Hall–Kier alpha value is -5.50. The molecule has 0 aromatic carbocycles. The van der Waals surface area contributed by atoms with E-state index < -0.39 is 0 Å². The molecule has 0 atom stereocenters. The van der Waals surface area contributed by atoms with Gasteiger partial charge >= 0.3 is 0 Å². The molecule has 6 aromatic rings. The Balaban J connectivity index is 0.000000145. The van der Waals surface area contributed by atoms with E-state index in [4.69, 9.17) is 0 Å². The van der Waals surface area contributed by atoms with Crippen LogP contribution in [0.25, 0.3) is 34.2 Å². The number of hydrogen-bond acceptors (Lipinski definition) is 8. The summed E-state index contributed by atoms with van der Waals surface area (Å²) < 4.78 is 0. The van der Waals surface area contributed by atoms with Gasteiger partial charge in [-0.1, -0.05) is 0 Å². The van der Waals surface area contributed by atoms with Crippen molar-refractivity contribution in [3.8, 4) is 45.7 Å². The first kappa shape index (κ1) is 29.5. The average molecular weight is 557 g/mol. The van der Waals surface area contributed by atoms with Gasteiger partial charge in [-0.05, 0) is 111 Å². The van der Waals surface area contributed by atoms with Crippen molar-refractivity contribution in [1.29, 1.82) is 0 Å². The lowest BCUT2D eigenvalue weighted by atomic mass is 10.1. The lowest BCUT2D eigenvalue weighted by Gasteiger charge is -2.01. The van der Waals surface area contributed by atoms with Crippen LogP contribution in [0.4, 0.5) is 0 Å². The average Bonchev–Trinajstić information content (AvgIpc) is 2.98. The second kappa shape index (κ2) is 14.2. The molecule has 0 aliphatic rings. The van der Waals surface area contributed by atoms with Gasteiger partial charge in [0.05, 0.1) is 34.2 Å². The molecule has 0 bridgehead atoms. The monoisotopic (exact) mass is 556 g/mol. The molecule has 0 aliphatic carbocycles. The van der Waals surface area contributed by atoms with E-state index in [1.165, 1.54) is 58.9 Å². The van der Waals surface area contributed by atoms with Gasteiger partial charge in [-0.2, -0.15) is 0 Å². The molecular weight excluding hydrogens is 524 g/mol. The summed E-state index contributed by atoms with van der Waals surface area (Å²) in [5.41, 5.74) is 9.64. The minimum atomic E-state index is 0.125. The van der Waals surface area contributed by atoms with Crippen LogP contribution in [0.15, 0.2) is 110 Å². The van der Waals surface area contributed by atoms with E-state index >= 15 is 0 Å². The molecule has 0 saturated carbocycles. The van der Waals surface area contributed by atoms with Crippen LogP contribution in [-0.2, 0) is 0 Å². The minimum Gasteiger partial charge on any atom is -0.508 e. The lowest BCUT2D eigenvalue weighted by molar-refractivity contribution is 0.473. The van der Waals surface area contributed by atoms with E-state index in [0.29, 0.717) is 11.4 Å². The first-order chi connectivity index (χ1) is 20.3. The van der Waals surface area contributed by atoms with Crippen LogP contribution in [-0.4, -0.2) is 40.1 Å². The molecule has 0 fully saturated rings. The Morgan fingerprint density at radius 3 is 0.762 bits per heavy atom. The maximum absolute atomic E-state index is 9.21. The number of aryl methyl sites for hydroxylation is 4. The van der Waals surface area contributed by atoms with Gasteiger partial charge in [-0.25, -0.2) is 0 Å². The first-order valence-corrected chi connectivity index (χ1v) is 13.3. The molecule has 8 nitrogen and oxygen atoms in total. The Labute approximate surface area is 245 Å². The van der Waals surface area contributed by atoms with Crippen LogP contribution in [0.1, 0.15) is 22.3 Å². The second-order valence-electron chi connectivity index (χ2n) is 9.67. The number of pyridine rings is 6. The summed E-state index contributed by atoms with van der Waals surface area (Å²) in [5.74, 6) is 0.250. The summed E-state index contributed by atoms with van der Waals surface area (Å²) in [5, 5.41) is 18.4. The van der Waals surface area contributed by atoms with Gasteiger partial charge in [-0.15, -0.1) is 0 Å². The molecule has 2 N–H and O–H groups in total. The minimum absolute atomic E-state index is 0.125. The summed E-state index contributed by atoms with van der Waals surface area (Å²) in [6.07, 6.45) is 10.2. The zero-order valence-electron chi connectivity index (χ0n) is 24.0. The van der Waals surface area contributed by atoms with E-state index in [-0.39, 0.29) is 11.5 Å². The molecule has 6 heterocycles. The van der Waals surface area contributed by atoms with E-state index in [1.807, 2.05) is 73.3 Å². The van der Waals surface area contributed by atoms with Crippen molar-refractivity contribution in [2.45, 2.75) is 27.7 Å². The fourth-order valence-electron chi connectivity index (χ4n) is 3.82. The van der Waals surface area contributed by atoms with Gasteiger partial charge in [0.2, 0.25) is 0 Å². The normalized spacial score (nSPS) is 10.1. The SMILES string of the molecule is Cc1ccnc(-c2cc(C)ccn2)c1.Cc1ccnc(-c2cc(C)ccn2)c1.Oc1ccnc(-c2cc(O)ccn2)c1. The summed E-state index contributed by atoms with van der Waals surface area (Å²) in [4.78, 5) is 25.2. The fourth-order valence-corrected chi connectivity index (χ4v) is 3.82. The number of aromatic nitrogens is 6. The molecule has 42 heavy (non-hydrogen) atoms. The third-order valence-electron chi connectivity index (χ3n) is 5.94. The van der Waals surface area contributed by atoms with E-state index in [9.17, 15) is 10.2 Å². The van der Waals surface area contributed by atoms with Crippen molar-refractivity contribution >= 4 is 0 Å². The van der Waals surface area contributed by atoms with E-state index in [1.54, 1.807) is 0 Å². The highest BCUT2D eigenvalue weighted by Gasteiger charge is 2.03. The standard InChI is InChI=1S/2C12H12N2.C10H8N2O2/c2*1-9-3-5-13-11(7-9)12-8-10(2)4-6-14-12;13-7-1-3-11-9(5-7)10-6-8(14)2-4-12-10/h2*3-8H,1-2H3;1-6H,(H,11,13)(H,12,14). The predicted molar refractivity (Wildman–Crippen MR) is 165 cm³/mol. The molecule has 0 aliphatic heterocycles. The van der Waals surface area contributed by atoms with E-state index in [0.717, 1.165) is 22.8 Å². The van der Waals surface area contributed by atoms with Gasteiger partial charge in [0.15, 0.2) is 0 Å². The summed E-state index contributed by atoms with van der Waals surface area (Å²) in [7, 11) is 0. The van der Waals surface area contributed by atoms with Crippen molar-refractivity contribution in [1.82, 2.24) is 29.9 Å². The lowest BCUT2D eigenvalue weighted by Crippen LogP contribution is -1.88. The molecule has 0 unspecified atom stereocenters. The highest BCUT2D eigenvalue weighted by Crippen LogP contribution is 2.21. The fraction of sp³-hybridized carbons (Fsp3) is 0.118. The molecule has 6 aromatic heterocycles. The van der Waals surface area contributed by atoms with E-state index in [2.05, 4.69) is 57.6 Å². The van der Waals surface area contributed by atoms with Crippen molar-refractivity contribution in [3.05, 3.63) is 132 Å².